The van der Waals surface area contributed by atoms with Crippen molar-refractivity contribution in [2.75, 3.05) is 26.2 Å². The monoisotopic (exact) mass is 330 g/mol. The van der Waals surface area contributed by atoms with E-state index in [1.807, 2.05) is 30.0 Å². The Balaban J connectivity index is 1.77. The van der Waals surface area contributed by atoms with Gasteiger partial charge in [0.25, 0.3) is 0 Å². The molecule has 5 heteroatoms. The number of carbonyl (C=O) groups is 1. The van der Waals surface area contributed by atoms with Gasteiger partial charge in [0, 0.05) is 32.6 Å². The highest BCUT2D eigenvalue weighted by molar-refractivity contribution is 5.81. The minimum absolute atomic E-state index is 0.243. The Morgan fingerprint density at radius 2 is 2.08 bits per heavy atom. The summed E-state index contributed by atoms with van der Waals surface area (Å²) in [6.45, 7) is 8.12. The van der Waals surface area contributed by atoms with Gasteiger partial charge in [-0.15, -0.1) is 0 Å². The average molecular weight is 330 g/mol. The van der Waals surface area contributed by atoms with Gasteiger partial charge in [-0.05, 0) is 31.2 Å². The van der Waals surface area contributed by atoms with E-state index in [1.165, 1.54) is 12.0 Å². The molecule has 1 atom stereocenters. The van der Waals surface area contributed by atoms with Gasteiger partial charge in [0.15, 0.2) is 5.96 Å². The van der Waals surface area contributed by atoms with Crippen LogP contribution < -0.4 is 10.6 Å². The van der Waals surface area contributed by atoms with Crippen LogP contribution in [0, 0.1) is 5.92 Å². The third-order valence-corrected chi connectivity index (χ3v) is 4.25. The summed E-state index contributed by atoms with van der Waals surface area (Å²) < 4.78 is 0. The number of hydrogen-bond donors (Lipinski definition) is 2. The molecule has 132 valence electrons. The first-order chi connectivity index (χ1) is 11.7. The van der Waals surface area contributed by atoms with Gasteiger partial charge in [-0.1, -0.05) is 37.3 Å². The first-order valence-corrected chi connectivity index (χ1v) is 9.03. The molecule has 1 saturated heterocycles. The second kappa shape index (κ2) is 9.96. The van der Waals surface area contributed by atoms with Crippen molar-refractivity contribution < 1.29 is 4.79 Å². The van der Waals surface area contributed by atoms with Gasteiger partial charge in [-0.25, -0.2) is 4.99 Å². The number of benzene rings is 1. The van der Waals surface area contributed by atoms with Crippen LogP contribution in [-0.2, 0) is 11.3 Å². The second-order valence-electron chi connectivity index (χ2n) is 6.44. The standard InChI is InChI=1S/C19H30N4O/c1-3-20-19(22-14-17-9-5-4-6-10-17)21-12-11-18(24)23-13-7-8-16(2)15-23/h4-6,9-10,16H,3,7-8,11-15H2,1-2H3,(H2,20,21,22). The molecule has 1 heterocycles. The lowest BCUT2D eigenvalue weighted by atomic mass is 10.00. The summed E-state index contributed by atoms with van der Waals surface area (Å²) in [5.41, 5.74) is 1.17. The van der Waals surface area contributed by atoms with Gasteiger partial charge in [0.05, 0.1) is 6.54 Å². The molecule has 0 aromatic heterocycles. The van der Waals surface area contributed by atoms with E-state index in [9.17, 15) is 4.79 Å². The number of carbonyl (C=O) groups excluding carboxylic acids is 1. The molecule has 1 aromatic carbocycles. The molecule has 0 radical (unpaired) electrons. The molecule has 0 spiro atoms. The van der Waals surface area contributed by atoms with Crippen molar-refractivity contribution in [3.05, 3.63) is 35.9 Å². The van der Waals surface area contributed by atoms with Gasteiger partial charge in [-0.2, -0.15) is 0 Å². The first-order valence-electron chi connectivity index (χ1n) is 9.03. The predicted molar refractivity (Wildman–Crippen MR) is 98.9 cm³/mol. The minimum Gasteiger partial charge on any atom is -0.357 e. The van der Waals surface area contributed by atoms with Crippen molar-refractivity contribution in [2.45, 2.75) is 39.7 Å². The number of rotatable bonds is 6. The molecule has 1 aliphatic rings. The number of piperidine rings is 1. The maximum atomic E-state index is 12.3. The van der Waals surface area contributed by atoms with E-state index in [0.29, 0.717) is 25.4 Å². The first kappa shape index (κ1) is 18.3. The third kappa shape index (κ3) is 6.22. The zero-order valence-corrected chi connectivity index (χ0v) is 14.9. The highest BCUT2D eigenvalue weighted by atomic mass is 16.2. The summed E-state index contributed by atoms with van der Waals surface area (Å²) in [4.78, 5) is 18.9. The van der Waals surface area contributed by atoms with Crippen molar-refractivity contribution in [2.24, 2.45) is 10.9 Å². The quantitative estimate of drug-likeness (QED) is 0.622. The molecule has 2 rings (SSSR count). The Kier molecular flexibility index (Phi) is 7.59. The van der Waals surface area contributed by atoms with Crippen LogP contribution in [-0.4, -0.2) is 42.9 Å². The molecule has 0 aliphatic carbocycles. The molecule has 1 fully saturated rings. The van der Waals surface area contributed by atoms with Gasteiger partial charge < -0.3 is 15.5 Å². The lowest BCUT2D eigenvalue weighted by molar-refractivity contribution is -0.132. The summed E-state index contributed by atoms with van der Waals surface area (Å²) in [5.74, 6) is 1.63. The summed E-state index contributed by atoms with van der Waals surface area (Å²) in [5, 5.41) is 6.49. The summed E-state index contributed by atoms with van der Waals surface area (Å²) in [6.07, 6.45) is 2.88. The van der Waals surface area contributed by atoms with Crippen LogP contribution >= 0.6 is 0 Å². The van der Waals surface area contributed by atoms with Crippen LogP contribution in [0.3, 0.4) is 0 Å². The van der Waals surface area contributed by atoms with Crippen molar-refractivity contribution >= 4 is 11.9 Å². The zero-order valence-electron chi connectivity index (χ0n) is 14.9. The number of aliphatic imine (C=N–C) groups is 1. The largest absolute Gasteiger partial charge is 0.357 e. The predicted octanol–water partition coefficient (Wildman–Crippen LogP) is 2.39. The highest BCUT2D eigenvalue weighted by Crippen LogP contribution is 2.15. The number of likely N-dealkylation sites (tertiary alicyclic amines) is 1. The lowest BCUT2D eigenvalue weighted by Crippen LogP contribution is -2.42. The van der Waals surface area contributed by atoms with Crippen LogP contribution in [0.4, 0.5) is 0 Å². The normalized spacial score (nSPS) is 18.3. The van der Waals surface area contributed by atoms with Gasteiger partial charge in [-0.3, -0.25) is 4.79 Å². The topological polar surface area (TPSA) is 56.7 Å². The Bertz CT molecular complexity index is 529. The van der Waals surface area contributed by atoms with E-state index >= 15 is 0 Å². The molecule has 5 nitrogen and oxygen atoms in total. The SMILES string of the molecule is CCNC(=NCc1ccccc1)NCCC(=O)N1CCCC(C)C1. The van der Waals surface area contributed by atoms with Crippen molar-refractivity contribution in [3.8, 4) is 0 Å². The van der Waals surface area contributed by atoms with E-state index in [1.54, 1.807) is 0 Å². The third-order valence-electron chi connectivity index (χ3n) is 4.25. The Labute approximate surface area is 145 Å². The Morgan fingerprint density at radius 3 is 2.79 bits per heavy atom. The number of guanidine groups is 1. The summed E-state index contributed by atoms with van der Waals surface area (Å²) in [6, 6.07) is 10.2. The van der Waals surface area contributed by atoms with E-state index in [0.717, 1.165) is 32.0 Å². The van der Waals surface area contributed by atoms with E-state index in [-0.39, 0.29) is 5.91 Å². The van der Waals surface area contributed by atoms with E-state index < -0.39 is 0 Å². The second-order valence-corrected chi connectivity index (χ2v) is 6.44. The number of nitrogens with zero attached hydrogens (tertiary/aromatic N) is 2. The van der Waals surface area contributed by atoms with Crippen LogP contribution in [0.2, 0.25) is 0 Å². The molecular formula is C19H30N4O. The van der Waals surface area contributed by atoms with Crippen LogP contribution in [0.5, 0.6) is 0 Å². The van der Waals surface area contributed by atoms with Crippen molar-refractivity contribution in [1.29, 1.82) is 0 Å². The molecule has 1 amide bonds. The van der Waals surface area contributed by atoms with Gasteiger partial charge >= 0.3 is 0 Å². The molecule has 0 bridgehead atoms. The van der Waals surface area contributed by atoms with Crippen molar-refractivity contribution in [3.63, 3.8) is 0 Å². The average Bonchev–Trinajstić information content (AvgIpc) is 2.60. The van der Waals surface area contributed by atoms with Crippen LogP contribution in [0.15, 0.2) is 35.3 Å². The molecule has 24 heavy (non-hydrogen) atoms. The van der Waals surface area contributed by atoms with Crippen LogP contribution in [0.25, 0.3) is 0 Å². The van der Waals surface area contributed by atoms with Gasteiger partial charge in [0.1, 0.15) is 0 Å². The minimum atomic E-state index is 0.243. The smallest absolute Gasteiger partial charge is 0.224 e. The fraction of sp³-hybridized carbons (Fsp3) is 0.579. The molecule has 1 aliphatic heterocycles. The fourth-order valence-corrected chi connectivity index (χ4v) is 2.96. The van der Waals surface area contributed by atoms with Crippen LogP contribution in [0.1, 0.15) is 38.7 Å². The summed E-state index contributed by atoms with van der Waals surface area (Å²) >= 11 is 0. The maximum Gasteiger partial charge on any atom is 0.224 e. The Hall–Kier alpha value is -2.04. The maximum absolute atomic E-state index is 12.3. The number of amides is 1. The molecular weight excluding hydrogens is 300 g/mol. The lowest BCUT2D eigenvalue weighted by Gasteiger charge is -2.31. The molecule has 2 N–H and O–H groups in total. The van der Waals surface area contributed by atoms with E-state index in [2.05, 4.69) is 34.7 Å². The van der Waals surface area contributed by atoms with Crippen molar-refractivity contribution in [1.82, 2.24) is 15.5 Å². The number of hydrogen-bond acceptors (Lipinski definition) is 2. The highest BCUT2D eigenvalue weighted by Gasteiger charge is 2.20. The fourth-order valence-electron chi connectivity index (χ4n) is 2.96. The molecule has 1 aromatic rings. The van der Waals surface area contributed by atoms with Gasteiger partial charge in [0.2, 0.25) is 5.91 Å². The summed E-state index contributed by atoms with van der Waals surface area (Å²) in [7, 11) is 0. The number of nitrogens with one attached hydrogen (secondary N) is 2. The van der Waals surface area contributed by atoms with E-state index in [4.69, 9.17) is 0 Å². The Morgan fingerprint density at radius 1 is 1.29 bits per heavy atom. The zero-order chi connectivity index (χ0) is 17.2. The molecule has 0 saturated carbocycles. The molecule has 1 unspecified atom stereocenters.